The molecule has 140 valence electrons. The third kappa shape index (κ3) is 3.77. The van der Waals surface area contributed by atoms with Crippen LogP contribution in [0.15, 0.2) is 48.5 Å². The van der Waals surface area contributed by atoms with Crippen LogP contribution in [0, 0.1) is 0 Å². The number of halogens is 1. The summed E-state index contributed by atoms with van der Waals surface area (Å²) in [6, 6.07) is 14.1. The number of carbonyl (C=O) groups is 2. The van der Waals surface area contributed by atoms with Gasteiger partial charge in [-0.2, -0.15) is 0 Å². The maximum Gasteiger partial charge on any atom is 0.256 e. The molecule has 0 radical (unpaired) electrons. The lowest BCUT2D eigenvalue weighted by atomic mass is 10.2. The minimum absolute atomic E-state index is 0.122. The summed E-state index contributed by atoms with van der Waals surface area (Å²) in [4.78, 5) is 28.5. The Kier molecular flexibility index (Phi) is 5.01. The maximum absolute atomic E-state index is 12.7. The highest BCUT2D eigenvalue weighted by Gasteiger charge is 2.39. The molecule has 1 N–H and O–H groups in total. The molecule has 0 spiro atoms. The number of morpholine rings is 1. The molecule has 0 aromatic heterocycles. The van der Waals surface area contributed by atoms with Gasteiger partial charge in [0.1, 0.15) is 6.04 Å². The van der Waals surface area contributed by atoms with Gasteiger partial charge in [-0.15, -0.1) is 0 Å². The maximum atomic E-state index is 12.7. The summed E-state index contributed by atoms with van der Waals surface area (Å²) in [7, 11) is 0. The number of rotatable bonds is 4. The molecule has 2 aromatic carbocycles. The summed E-state index contributed by atoms with van der Waals surface area (Å²) in [6.45, 7) is 3.21. The van der Waals surface area contributed by atoms with E-state index in [0.29, 0.717) is 10.7 Å². The summed E-state index contributed by atoms with van der Waals surface area (Å²) >= 11 is 5.99. The van der Waals surface area contributed by atoms with Crippen molar-refractivity contribution in [2.24, 2.45) is 0 Å². The Morgan fingerprint density at radius 3 is 2.44 bits per heavy atom. The fraction of sp³-hybridized carbons (Fsp3) is 0.300. The van der Waals surface area contributed by atoms with Gasteiger partial charge in [-0.25, -0.2) is 4.90 Å². The van der Waals surface area contributed by atoms with Crippen molar-refractivity contribution in [3.05, 3.63) is 53.6 Å². The molecular formula is C20H20ClN3O3. The van der Waals surface area contributed by atoms with E-state index in [4.69, 9.17) is 16.3 Å². The number of nitrogens with zero attached hydrogens (tertiary/aromatic N) is 2. The van der Waals surface area contributed by atoms with E-state index in [-0.39, 0.29) is 18.2 Å². The molecule has 2 aliphatic rings. The van der Waals surface area contributed by atoms with Crippen molar-refractivity contribution < 1.29 is 14.3 Å². The summed E-state index contributed by atoms with van der Waals surface area (Å²) < 4.78 is 5.37. The van der Waals surface area contributed by atoms with Gasteiger partial charge in [-0.05, 0) is 42.5 Å². The van der Waals surface area contributed by atoms with Crippen molar-refractivity contribution in [2.75, 3.05) is 41.4 Å². The molecule has 4 rings (SSSR count). The lowest BCUT2D eigenvalue weighted by molar-refractivity contribution is -0.121. The van der Waals surface area contributed by atoms with Crippen molar-refractivity contribution >= 4 is 40.5 Å². The van der Waals surface area contributed by atoms with Crippen LogP contribution >= 0.6 is 11.6 Å². The second-order valence-corrected chi connectivity index (χ2v) is 7.03. The molecule has 7 heteroatoms. The number of amides is 2. The van der Waals surface area contributed by atoms with Crippen LogP contribution in [0.5, 0.6) is 0 Å². The molecule has 2 heterocycles. The van der Waals surface area contributed by atoms with Gasteiger partial charge in [-0.3, -0.25) is 9.59 Å². The number of anilines is 3. The summed E-state index contributed by atoms with van der Waals surface area (Å²) in [5.41, 5.74) is 2.44. The lowest BCUT2D eigenvalue weighted by Gasteiger charge is -2.29. The van der Waals surface area contributed by atoms with Crippen LogP contribution in [-0.4, -0.2) is 44.2 Å². The molecule has 2 aromatic rings. The second kappa shape index (κ2) is 7.58. The Hall–Kier alpha value is -2.57. The molecule has 2 aliphatic heterocycles. The van der Waals surface area contributed by atoms with E-state index in [1.54, 1.807) is 24.3 Å². The average Bonchev–Trinajstić information content (AvgIpc) is 2.96. The lowest BCUT2D eigenvalue weighted by Crippen LogP contribution is -2.36. The molecule has 2 fully saturated rings. The van der Waals surface area contributed by atoms with Gasteiger partial charge in [0.05, 0.1) is 25.3 Å². The molecule has 0 unspecified atom stereocenters. The van der Waals surface area contributed by atoms with E-state index in [1.807, 2.05) is 24.3 Å². The van der Waals surface area contributed by atoms with Crippen molar-refractivity contribution in [3.63, 3.8) is 0 Å². The van der Waals surface area contributed by atoms with Crippen LogP contribution in [0.3, 0.4) is 0 Å². The van der Waals surface area contributed by atoms with Gasteiger partial charge in [0.2, 0.25) is 5.91 Å². The van der Waals surface area contributed by atoms with Crippen molar-refractivity contribution in [1.82, 2.24) is 0 Å². The predicted octanol–water partition coefficient (Wildman–Crippen LogP) is 2.92. The molecular weight excluding hydrogens is 366 g/mol. The van der Waals surface area contributed by atoms with E-state index in [1.165, 1.54) is 4.90 Å². The number of hydrogen-bond acceptors (Lipinski definition) is 5. The quantitative estimate of drug-likeness (QED) is 0.820. The Bertz CT molecular complexity index is 850. The Morgan fingerprint density at radius 2 is 1.74 bits per heavy atom. The van der Waals surface area contributed by atoms with Crippen LogP contribution in [0.1, 0.15) is 6.42 Å². The molecule has 27 heavy (non-hydrogen) atoms. The van der Waals surface area contributed by atoms with Gasteiger partial charge in [-0.1, -0.05) is 17.7 Å². The van der Waals surface area contributed by atoms with Crippen molar-refractivity contribution in [1.29, 1.82) is 0 Å². The normalized spacial score (nSPS) is 20.3. The molecule has 0 bridgehead atoms. The topological polar surface area (TPSA) is 61.9 Å². The van der Waals surface area contributed by atoms with Crippen molar-refractivity contribution in [2.45, 2.75) is 12.5 Å². The minimum Gasteiger partial charge on any atom is -0.378 e. The van der Waals surface area contributed by atoms with E-state index < -0.39 is 6.04 Å². The standard InChI is InChI=1S/C20H20ClN3O3/c21-14-2-1-3-17(12-14)24-19(25)13-18(20(24)26)22-15-4-6-16(7-5-15)23-8-10-27-11-9-23/h1-7,12,18,22H,8-11,13H2/t18-/m1/s1. The van der Waals surface area contributed by atoms with Gasteiger partial charge >= 0.3 is 0 Å². The first-order valence-corrected chi connectivity index (χ1v) is 9.31. The smallest absolute Gasteiger partial charge is 0.256 e. The molecule has 2 saturated heterocycles. The SMILES string of the molecule is O=C1C[C@@H](Nc2ccc(N3CCOCC3)cc2)C(=O)N1c1cccc(Cl)c1. The number of carbonyl (C=O) groups excluding carboxylic acids is 2. The number of benzene rings is 2. The van der Waals surface area contributed by atoms with Crippen LogP contribution < -0.4 is 15.1 Å². The monoisotopic (exact) mass is 385 g/mol. The fourth-order valence-electron chi connectivity index (χ4n) is 3.42. The van der Waals surface area contributed by atoms with E-state index in [0.717, 1.165) is 37.7 Å². The van der Waals surface area contributed by atoms with Crippen LogP contribution in [0.2, 0.25) is 5.02 Å². The fourth-order valence-corrected chi connectivity index (χ4v) is 3.61. The van der Waals surface area contributed by atoms with Crippen LogP contribution in [0.4, 0.5) is 17.1 Å². The Morgan fingerprint density at radius 1 is 1.00 bits per heavy atom. The minimum atomic E-state index is -0.578. The number of imide groups is 1. The van der Waals surface area contributed by atoms with Crippen LogP contribution in [0.25, 0.3) is 0 Å². The number of hydrogen-bond donors (Lipinski definition) is 1. The van der Waals surface area contributed by atoms with Gasteiger partial charge < -0.3 is 15.0 Å². The molecule has 2 amide bonds. The van der Waals surface area contributed by atoms with Gasteiger partial charge in [0.15, 0.2) is 0 Å². The molecule has 0 aliphatic carbocycles. The summed E-state index contributed by atoms with van der Waals surface area (Å²) in [5.74, 6) is -0.496. The van der Waals surface area contributed by atoms with Gasteiger partial charge in [0.25, 0.3) is 5.91 Å². The zero-order valence-electron chi connectivity index (χ0n) is 14.7. The molecule has 6 nitrogen and oxygen atoms in total. The molecule has 1 atom stereocenters. The van der Waals surface area contributed by atoms with Crippen molar-refractivity contribution in [3.8, 4) is 0 Å². The first-order chi connectivity index (χ1) is 13.1. The highest BCUT2D eigenvalue weighted by molar-refractivity contribution is 6.31. The number of nitrogens with one attached hydrogen (secondary N) is 1. The highest BCUT2D eigenvalue weighted by Crippen LogP contribution is 2.27. The highest BCUT2D eigenvalue weighted by atomic mass is 35.5. The summed E-state index contributed by atoms with van der Waals surface area (Å²) in [5, 5.41) is 3.67. The third-order valence-corrected chi connectivity index (χ3v) is 5.03. The third-order valence-electron chi connectivity index (χ3n) is 4.80. The zero-order chi connectivity index (χ0) is 18.8. The predicted molar refractivity (Wildman–Crippen MR) is 105 cm³/mol. The first kappa shape index (κ1) is 17.8. The first-order valence-electron chi connectivity index (χ1n) is 8.93. The zero-order valence-corrected chi connectivity index (χ0v) is 15.5. The van der Waals surface area contributed by atoms with Gasteiger partial charge in [0, 0.05) is 29.5 Å². The van der Waals surface area contributed by atoms with E-state index in [2.05, 4.69) is 10.2 Å². The largest absolute Gasteiger partial charge is 0.378 e. The Labute approximate surface area is 162 Å². The Balaban J connectivity index is 1.45. The summed E-state index contributed by atoms with van der Waals surface area (Å²) in [6.07, 6.45) is 0.122. The van der Waals surface area contributed by atoms with E-state index >= 15 is 0 Å². The van der Waals surface area contributed by atoms with E-state index in [9.17, 15) is 9.59 Å². The second-order valence-electron chi connectivity index (χ2n) is 6.59. The average molecular weight is 386 g/mol. The number of ether oxygens (including phenoxy) is 1. The van der Waals surface area contributed by atoms with Crippen LogP contribution in [-0.2, 0) is 14.3 Å². The molecule has 0 saturated carbocycles.